The number of nitrogens with two attached hydrogens (primary N) is 2. The second-order valence-corrected chi connectivity index (χ2v) is 7.79. The Labute approximate surface area is 182 Å². The van der Waals surface area contributed by atoms with E-state index in [9.17, 15) is 4.39 Å². The molecule has 0 spiro atoms. The van der Waals surface area contributed by atoms with Crippen LogP contribution in [-0.4, -0.2) is 29.3 Å². The van der Waals surface area contributed by atoms with Crippen molar-refractivity contribution in [3.63, 3.8) is 0 Å². The van der Waals surface area contributed by atoms with Crippen LogP contribution in [-0.2, 0) is 0 Å². The van der Waals surface area contributed by atoms with E-state index in [1.807, 2.05) is 53.2 Å². The van der Waals surface area contributed by atoms with Crippen LogP contribution < -0.4 is 11.5 Å². The maximum absolute atomic E-state index is 14.7. The summed E-state index contributed by atoms with van der Waals surface area (Å²) in [6.07, 6.45) is 4.32. The first-order valence-electron chi connectivity index (χ1n) is 10.2. The van der Waals surface area contributed by atoms with Crippen molar-refractivity contribution >= 4 is 17.0 Å². The van der Waals surface area contributed by atoms with Crippen molar-refractivity contribution in [2.24, 2.45) is 5.73 Å². The molecule has 2 atom stereocenters. The average molecular weight is 426 g/mol. The number of rotatable bonds is 3. The summed E-state index contributed by atoms with van der Waals surface area (Å²) in [5, 5.41) is 4.27. The van der Waals surface area contributed by atoms with Crippen LogP contribution in [0.1, 0.15) is 29.8 Å². The van der Waals surface area contributed by atoms with Crippen molar-refractivity contribution in [1.82, 2.24) is 29.3 Å². The third-order valence-electron chi connectivity index (χ3n) is 5.83. The molecule has 158 valence electrons. The number of fused-ring (bicyclic) bond motifs is 2. The van der Waals surface area contributed by atoms with Crippen molar-refractivity contribution in [2.75, 3.05) is 5.73 Å². The second-order valence-electron chi connectivity index (χ2n) is 7.79. The molecule has 0 unspecified atom stereocenters. The van der Waals surface area contributed by atoms with E-state index in [1.54, 1.807) is 23.1 Å². The molecular weight excluding hydrogens is 407 g/mol. The van der Waals surface area contributed by atoms with Gasteiger partial charge >= 0.3 is 0 Å². The monoisotopic (exact) mass is 426 g/mol. The summed E-state index contributed by atoms with van der Waals surface area (Å²) in [6.45, 7) is 0. The first-order valence-corrected chi connectivity index (χ1v) is 10.2. The number of nitrogen functional groups attached to an aromatic ring is 1. The minimum Gasteiger partial charge on any atom is -0.383 e. The fourth-order valence-corrected chi connectivity index (χ4v) is 4.30. The summed E-state index contributed by atoms with van der Waals surface area (Å²) in [6, 6.07) is 14.5. The van der Waals surface area contributed by atoms with E-state index >= 15 is 0 Å². The molecule has 0 saturated heterocycles. The summed E-state index contributed by atoms with van der Waals surface area (Å²) in [5.74, 6) is 1.57. The first kappa shape index (κ1) is 18.6. The van der Waals surface area contributed by atoms with Crippen LogP contribution in [0.5, 0.6) is 0 Å². The minimum absolute atomic E-state index is 0.285. The van der Waals surface area contributed by atoms with Gasteiger partial charge in [0.1, 0.15) is 17.5 Å². The molecule has 32 heavy (non-hydrogen) atoms. The normalized spacial score (nSPS) is 17.7. The second kappa shape index (κ2) is 6.96. The average Bonchev–Trinajstić information content (AvgIpc) is 3.52. The zero-order chi connectivity index (χ0) is 21.8. The molecule has 0 fully saturated rings. The number of imidazole rings is 1. The number of benzene rings is 1. The van der Waals surface area contributed by atoms with Gasteiger partial charge in [0.2, 0.25) is 0 Å². The molecule has 0 bridgehead atoms. The van der Waals surface area contributed by atoms with Gasteiger partial charge in [0.05, 0.1) is 5.56 Å². The third kappa shape index (κ3) is 2.78. The van der Waals surface area contributed by atoms with E-state index in [0.29, 0.717) is 39.8 Å². The Morgan fingerprint density at radius 3 is 2.72 bits per heavy atom. The van der Waals surface area contributed by atoms with Crippen LogP contribution in [0, 0.1) is 0 Å². The SMILES string of the molecule is Nc1ncccc1-c1nc2ccc(-n3cccn3)nc2n1-c1ccc2c(c1)[C@@H](F)C[C@@H]2N. The van der Waals surface area contributed by atoms with Crippen LogP contribution in [0.2, 0.25) is 0 Å². The topological polar surface area (TPSA) is 113 Å². The van der Waals surface area contributed by atoms with E-state index in [-0.39, 0.29) is 12.5 Å². The molecule has 4 N–H and O–H groups in total. The number of hydrogen-bond donors (Lipinski definition) is 2. The number of aromatic nitrogens is 6. The van der Waals surface area contributed by atoms with Gasteiger partial charge in [-0.05, 0) is 53.6 Å². The predicted octanol–water partition coefficient (Wildman–Crippen LogP) is 3.66. The summed E-state index contributed by atoms with van der Waals surface area (Å²) in [4.78, 5) is 13.8. The van der Waals surface area contributed by atoms with Crippen LogP contribution in [0.25, 0.3) is 34.1 Å². The highest BCUT2D eigenvalue weighted by molar-refractivity contribution is 5.83. The van der Waals surface area contributed by atoms with E-state index in [0.717, 1.165) is 11.3 Å². The molecule has 4 aromatic heterocycles. The Balaban J connectivity index is 1.64. The number of alkyl halides is 1. The van der Waals surface area contributed by atoms with Crippen molar-refractivity contribution in [1.29, 1.82) is 0 Å². The number of hydrogen-bond acceptors (Lipinski definition) is 6. The molecule has 5 aromatic rings. The van der Waals surface area contributed by atoms with Gasteiger partial charge in [-0.1, -0.05) is 6.07 Å². The van der Waals surface area contributed by atoms with Gasteiger partial charge in [-0.15, -0.1) is 0 Å². The highest BCUT2D eigenvalue weighted by atomic mass is 19.1. The lowest BCUT2D eigenvalue weighted by atomic mass is 10.1. The van der Waals surface area contributed by atoms with Gasteiger partial charge in [-0.2, -0.15) is 5.10 Å². The molecule has 9 heteroatoms. The summed E-state index contributed by atoms with van der Waals surface area (Å²) in [7, 11) is 0. The Hall–Kier alpha value is -4.11. The van der Waals surface area contributed by atoms with Gasteiger partial charge in [0.15, 0.2) is 17.3 Å². The van der Waals surface area contributed by atoms with Crippen molar-refractivity contribution < 1.29 is 4.39 Å². The molecular formula is C23H19FN8. The number of anilines is 1. The third-order valence-corrected chi connectivity index (χ3v) is 5.83. The van der Waals surface area contributed by atoms with E-state index in [1.165, 1.54) is 0 Å². The zero-order valence-electron chi connectivity index (χ0n) is 16.9. The lowest BCUT2D eigenvalue weighted by Gasteiger charge is -2.13. The molecule has 0 radical (unpaired) electrons. The molecule has 6 rings (SSSR count). The Morgan fingerprint density at radius 1 is 1.00 bits per heavy atom. The molecule has 0 aliphatic heterocycles. The Morgan fingerprint density at radius 2 is 1.91 bits per heavy atom. The number of nitrogens with zero attached hydrogens (tertiary/aromatic N) is 6. The standard InChI is InChI=1S/C23H19FN8/c24-17-12-18(25)14-5-4-13(11-16(14)17)32-22(15-3-1-8-27-21(15)26)29-19-6-7-20(30-23(19)32)31-10-2-9-28-31/h1-11,17-18H,12,25H2,(H2,26,27)/t17-,18-/m0/s1. The Kier molecular flexibility index (Phi) is 4.05. The van der Waals surface area contributed by atoms with Gasteiger partial charge in [0.25, 0.3) is 0 Å². The molecule has 0 amide bonds. The molecule has 8 nitrogen and oxygen atoms in total. The maximum Gasteiger partial charge on any atom is 0.167 e. The quantitative estimate of drug-likeness (QED) is 0.455. The minimum atomic E-state index is -1.10. The predicted molar refractivity (Wildman–Crippen MR) is 119 cm³/mol. The number of halogens is 1. The lowest BCUT2D eigenvalue weighted by molar-refractivity contribution is 0.330. The van der Waals surface area contributed by atoms with Crippen LogP contribution in [0.3, 0.4) is 0 Å². The number of pyridine rings is 2. The Bertz CT molecular complexity index is 1460. The molecule has 1 aromatic carbocycles. The largest absolute Gasteiger partial charge is 0.383 e. The molecule has 1 aliphatic rings. The van der Waals surface area contributed by atoms with Crippen molar-refractivity contribution in [3.05, 3.63) is 78.2 Å². The van der Waals surface area contributed by atoms with Crippen LogP contribution in [0.4, 0.5) is 10.2 Å². The van der Waals surface area contributed by atoms with Crippen molar-refractivity contribution in [2.45, 2.75) is 18.6 Å². The molecule has 0 saturated carbocycles. The fourth-order valence-electron chi connectivity index (χ4n) is 4.30. The summed E-state index contributed by atoms with van der Waals surface area (Å²) < 4.78 is 18.2. The van der Waals surface area contributed by atoms with Crippen LogP contribution >= 0.6 is 0 Å². The van der Waals surface area contributed by atoms with E-state index in [4.69, 9.17) is 21.4 Å². The van der Waals surface area contributed by atoms with E-state index < -0.39 is 6.17 Å². The van der Waals surface area contributed by atoms with Gasteiger partial charge in [-0.25, -0.2) is 24.0 Å². The smallest absolute Gasteiger partial charge is 0.167 e. The molecule has 1 aliphatic carbocycles. The highest BCUT2D eigenvalue weighted by Crippen LogP contribution is 2.41. The van der Waals surface area contributed by atoms with Crippen LogP contribution in [0.15, 0.2) is 67.1 Å². The van der Waals surface area contributed by atoms with Gasteiger partial charge < -0.3 is 11.5 Å². The zero-order valence-corrected chi connectivity index (χ0v) is 16.9. The highest BCUT2D eigenvalue weighted by Gasteiger charge is 2.29. The van der Waals surface area contributed by atoms with Gasteiger partial charge in [0, 0.05) is 36.7 Å². The molecule has 4 heterocycles. The van der Waals surface area contributed by atoms with E-state index in [2.05, 4.69) is 10.1 Å². The first-order chi connectivity index (χ1) is 15.6. The maximum atomic E-state index is 14.7. The fraction of sp³-hybridized carbons (Fsp3) is 0.130. The lowest BCUT2D eigenvalue weighted by Crippen LogP contribution is -2.06. The summed E-state index contributed by atoms with van der Waals surface area (Å²) in [5.41, 5.74) is 16.4. The van der Waals surface area contributed by atoms with Crippen molar-refractivity contribution in [3.8, 4) is 22.9 Å². The summed E-state index contributed by atoms with van der Waals surface area (Å²) >= 11 is 0. The van der Waals surface area contributed by atoms with Gasteiger partial charge in [-0.3, -0.25) is 4.57 Å².